The number of hydrogen-bond acceptors (Lipinski definition) is 4. The Morgan fingerprint density at radius 2 is 1.80 bits per heavy atom. The number of amides is 1. The van der Waals surface area contributed by atoms with Crippen LogP contribution in [-0.4, -0.2) is 29.4 Å². The topological polar surface area (TPSA) is 93.1 Å². The minimum atomic E-state index is -3.93. The standard InChI is InChI=1S/C17H24N4O3S/c1-12-10-15(16(22)19-25(23,24)20-17(3,4)5)13(2)21(12)11-14-6-8-18-9-7-14/h6-10,20H,11H2,1-5H3,(H,19,22). The monoisotopic (exact) mass is 364 g/mol. The maximum atomic E-state index is 12.4. The molecule has 2 aromatic heterocycles. The van der Waals surface area contributed by atoms with Gasteiger partial charge in [-0.05, 0) is 58.4 Å². The van der Waals surface area contributed by atoms with Crippen LogP contribution >= 0.6 is 0 Å². The molecule has 7 nitrogen and oxygen atoms in total. The van der Waals surface area contributed by atoms with Gasteiger partial charge in [-0.1, -0.05) is 0 Å². The molecule has 0 aromatic carbocycles. The van der Waals surface area contributed by atoms with Crippen LogP contribution in [0.5, 0.6) is 0 Å². The van der Waals surface area contributed by atoms with Crippen LogP contribution in [0.1, 0.15) is 48.1 Å². The normalized spacial score (nSPS) is 12.2. The first-order valence-electron chi connectivity index (χ1n) is 7.90. The smallest absolute Gasteiger partial charge is 0.302 e. The third-order valence-corrected chi connectivity index (χ3v) is 4.91. The van der Waals surface area contributed by atoms with Gasteiger partial charge in [0.2, 0.25) is 0 Å². The number of aromatic nitrogens is 2. The van der Waals surface area contributed by atoms with Gasteiger partial charge in [0.1, 0.15) is 0 Å². The van der Waals surface area contributed by atoms with E-state index in [2.05, 4.69) is 14.4 Å². The molecule has 0 aliphatic carbocycles. The van der Waals surface area contributed by atoms with Crippen LogP contribution in [0.15, 0.2) is 30.6 Å². The van der Waals surface area contributed by atoms with Gasteiger partial charge in [-0.25, -0.2) is 4.72 Å². The first-order valence-corrected chi connectivity index (χ1v) is 9.38. The number of carbonyl (C=O) groups excluding carboxylic acids is 1. The third-order valence-electron chi connectivity index (χ3n) is 3.58. The van der Waals surface area contributed by atoms with E-state index in [4.69, 9.17) is 0 Å². The Balaban J connectivity index is 2.23. The third kappa shape index (κ3) is 5.14. The maximum absolute atomic E-state index is 12.4. The Labute approximate surface area is 148 Å². The van der Waals surface area contributed by atoms with Crippen molar-refractivity contribution in [2.45, 2.75) is 46.7 Å². The van der Waals surface area contributed by atoms with Gasteiger partial charge in [0, 0.05) is 35.9 Å². The Morgan fingerprint density at radius 1 is 1.20 bits per heavy atom. The highest BCUT2D eigenvalue weighted by atomic mass is 32.2. The number of nitrogens with zero attached hydrogens (tertiary/aromatic N) is 2. The molecule has 0 aliphatic heterocycles. The lowest BCUT2D eigenvalue weighted by molar-refractivity contribution is 0.0980. The molecule has 2 N–H and O–H groups in total. The highest BCUT2D eigenvalue weighted by Crippen LogP contribution is 2.17. The second kappa shape index (κ2) is 6.97. The Kier molecular flexibility index (Phi) is 5.34. The van der Waals surface area contributed by atoms with Crippen LogP contribution in [0.2, 0.25) is 0 Å². The molecule has 0 spiro atoms. The molecule has 0 atom stereocenters. The highest BCUT2D eigenvalue weighted by molar-refractivity contribution is 7.88. The quantitative estimate of drug-likeness (QED) is 0.847. The van der Waals surface area contributed by atoms with Crippen LogP contribution in [0.4, 0.5) is 0 Å². The fourth-order valence-electron chi connectivity index (χ4n) is 2.55. The SMILES string of the molecule is Cc1cc(C(=O)NS(=O)(=O)NC(C)(C)C)c(C)n1Cc1ccncc1. The predicted molar refractivity (Wildman–Crippen MR) is 96.5 cm³/mol. The van der Waals surface area contributed by atoms with Gasteiger partial charge in [-0.3, -0.25) is 9.78 Å². The van der Waals surface area contributed by atoms with E-state index in [1.54, 1.807) is 46.2 Å². The van der Waals surface area contributed by atoms with Crippen molar-refractivity contribution in [1.82, 2.24) is 19.0 Å². The molecule has 0 aliphatic rings. The Hall–Kier alpha value is -2.19. The highest BCUT2D eigenvalue weighted by Gasteiger charge is 2.24. The summed E-state index contributed by atoms with van der Waals surface area (Å²) in [4.78, 5) is 16.4. The van der Waals surface area contributed by atoms with Crippen molar-refractivity contribution in [2.24, 2.45) is 0 Å². The van der Waals surface area contributed by atoms with Crippen LogP contribution in [0, 0.1) is 13.8 Å². The minimum Gasteiger partial charge on any atom is -0.344 e. The lowest BCUT2D eigenvalue weighted by Crippen LogP contribution is -2.48. The average molecular weight is 364 g/mol. The van der Waals surface area contributed by atoms with Crippen molar-refractivity contribution >= 4 is 16.1 Å². The summed E-state index contributed by atoms with van der Waals surface area (Å²) in [5.74, 6) is -0.647. The molecule has 2 heterocycles. The number of aryl methyl sites for hydroxylation is 1. The fourth-order valence-corrected chi connectivity index (χ4v) is 3.76. The summed E-state index contributed by atoms with van der Waals surface area (Å²) >= 11 is 0. The van der Waals surface area contributed by atoms with E-state index in [9.17, 15) is 13.2 Å². The van der Waals surface area contributed by atoms with E-state index < -0.39 is 21.7 Å². The summed E-state index contributed by atoms with van der Waals surface area (Å²) in [6.07, 6.45) is 3.42. The molecule has 0 saturated heterocycles. The lowest BCUT2D eigenvalue weighted by Gasteiger charge is -2.20. The van der Waals surface area contributed by atoms with Crippen molar-refractivity contribution in [3.63, 3.8) is 0 Å². The van der Waals surface area contributed by atoms with Gasteiger partial charge in [0.05, 0.1) is 5.56 Å². The van der Waals surface area contributed by atoms with Gasteiger partial charge in [0.15, 0.2) is 0 Å². The van der Waals surface area contributed by atoms with Crippen LogP contribution in [0.25, 0.3) is 0 Å². The summed E-state index contributed by atoms with van der Waals surface area (Å²) < 4.78 is 30.6. The summed E-state index contributed by atoms with van der Waals surface area (Å²) in [6.45, 7) is 9.38. The maximum Gasteiger partial charge on any atom is 0.302 e. The van der Waals surface area contributed by atoms with E-state index >= 15 is 0 Å². The summed E-state index contributed by atoms with van der Waals surface area (Å²) in [5.41, 5.74) is 2.29. The number of carbonyl (C=O) groups is 1. The van der Waals surface area contributed by atoms with Gasteiger partial charge in [-0.15, -0.1) is 0 Å². The minimum absolute atomic E-state index is 0.339. The zero-order valence-electron chi connectivity index (χ0n) is 15.1. The van der Waals surface area contributed by atoms with Crippen LogP contribution < -0.4 is 9.44 Å². The first kappa shape index (κ1) is 19.1. The van der Waals surface area contributed by atoms with E-state index in [-0.39, 0.29) is 0 Å². The molecule has 0 radical (unpaired) electrons. The van der Waals surface area contributed by atoms with Crippen molar-refractivity contribution in [3.8, 4) is 0 Å². The molecule has 2 aromatic rings. The van der Waals surface area contributed by atoms with Gasteiger partial charge in [-0.2, -0.15) is 13.1 Å². The molecule has 2 rings (SSSR count). The second-order valence-corrected chi connectivity index (χ2v) is 8.43. The van der Waals surface area contributed by atoms with Gasteiger partial charge >= 0.3 is 10.2 Å². The molecule has 8 heteroatoms. The van der Waals surface area contributed by atoms with Crippen molar-refractivity contribution in [1.29, 1.82) is 0 Å². The molecule has 0 unspecified atom stereocenters. The summed E-state index contributed by atoms with van der Waals surface area (Å²) in [6, 6.07) is 5.49. The Bertz CT molecular complexity index is 865. The van der Waals surface area contributed by atoms with E-state index in [0.29, 0.717) is 17.8 Å². The summed E-state index contributed by atoms with van der Waals surface area (Å²) in [5, 5.41) is 0. The van der Waals surface area contributed by atoms with Crippen LogP contribution in [-0.2, 0) is 16.8 Å². The largest absolute Gasteiger partial charge is 0.344 e. The number of nitrogens with one attached hydrogen (secondary N) is 2. The van der Waals surface area contributed by atoms with Gasteiger partial charge in [0.25, 0.3) is 5.91 Å². The summed E-state index contributed by atoms with van der Waals surface area (Å²) in [7, 11) is -3.93. The molecule has 136 valence electrons. The average Bonchev–Trinajstić information content (AvgIpc) is 2.73. The first-order chi connectivity index (χ1) is 11.5. The second-order valence-electron chi connectivity index (χ2n) is 7.01. The van der Waals surface area contributed by atoms with E-state index in [1.807, 2.05) is 23.6 Å². The van der Waals surface area contributed by atoms with E-state index in [1.165, 1.54) is 0 Å². The number of rotatable bonds is 5. The zero-order valence-corrected chi connectivity index (χ0v) is 15.9. The molecular weight excluding hydrogens is 340 g/mol. The number of pyridine rings is 1. The lowest BCUT2D eigenvalue weighted by atomic mass is 10.1. The van der Waals surface area contributed by atoms with E-state index in [0.717, 1.165) is 11.3 Å². The molecule has 0 bridgehead atoms. The van der Waals surface area contributed by atoms with Gasteiger partial charge < -0.3 is 4.57 Å². The molecule has 0 fully saturated rings. The zero-order chi connectivity index (χ0) is 18.8. The predicted octanol–water partition coefficient (Wildman–Crippen LogP) is 1.91. The van der Waals surface area contributed by atoms with Crippen LogP contribution in [0.3, 0.4) is 0 Å². The fraction of sp³-hybridized carbons (Fsp3) is 0.412. The van der Waals surface area contributed by atoms with Crippen molar-refractivity contribution < 1.29 is 13.2 Å². The van der Waals surface area contributed by atoms with Crippen molar-refractivity contribution in [3.05, 3.63) is 53.1 Å². The van der Waals surface area contributed by atoms with Crippen molar-refractivity contribution in [2.75, 3.05) is 0 Å². The molecule has 1 amide bonds. The molecular formula is C17H24N4O3S. The molecule has 0 saturated carbocycles. The Morgan fingerprint density at radius 3 is 2.36 bits per heavy atom. The number of hydrogen-bond donors (Lipinski definition) is 2. The molecule has 25 heavy (non-hydrogen) atoms.